The first kappa shape index (κ1) is 16.5. The number of carbonyl (C=O) groups is 1. The van der Waals surface area contributed by atoms with Gasteiger partial charge in [-0.15, -0.1) is 11.8 Å². The lowest BCUT2D eigenvalue weighted by Gasteiger charge is -2.05. The highest BCUT2D eigenvalue weighted by molar-refractivity contribution is 8.00. The Bertz CT molecular complexity index is 660. The van der Waals surface area contributed by atoms with Crippen molar-refractivity contribution in [3.8, 4) is 11.4 Å². The molecule has 2 aromatic rings. The molecule has 7 heteroatoms. The molecule has 0 saturated heterocycles. The molecule has 0 aliphatic rings. The average molecular weight is 324 g/mol. The number of hydrogen-bond acceptors (Lipinski definition) is 6. The van der Waals surface area contributed by atoms with E-state index < -0.39 is 0 Å². The van der Waals surface area contributed by atoms with E-state index in [9.17, 15) is 9.18 Å². The van der Waals surface area contributed by atoms with Gasteiger partial charge in [-0.25, -0.2) is 4.39 Å². The molecule has 5 nitrogen and oxygen atoms in total. The number of rotatable bonds is 6. The van der Waals surface area contributed by atoms with E-state index in [4.69, 9.17) is 9.26 Å². The van der Waals surface area contributed by atoms with E-state index in [-0.39, 0.29) is 22.8 Å². The topological polar surface area (TPSA) is 65.2 Å². The van der Waals surface area contributed by atoms with Gasteiger partial charge in [0.1, 0.15) is 5.82 Å². The average Bonchev–Trinajstić information content (AvgIpc) is 2.98. The predicted molar refractivity (Wildman–Crippen MR) is 81.9 cm³/mol. The molecule has 1 aromatic carbocycles. The van der Waals surface area contributed by atoms with Crippen LogP contribution in [0, 0.1) is 12.7 Å². The van der Waals surface area contributed by atoms with Crippen LogP contribution >= 0.6 is 11.8 Å². The zero-order valence-corrected chi connectivity index (χ0v) is 13.4. The van der Waals surface area contributed by atoms with Gasteiger partial charge >= 0.3 is 5.97 Å². The largest absolute Gasteiger partial charge is 0.465 e. The van der Waals surface area contributed by atoms with Crippen LogP contribution in [0.5, 0.6) is 0 Å². The minimum absolute atomic E-state index is 0.152. The van der Waals surface area contributed by atoms with E-state index in [0.717, 1.165) is 0 Å². The van der Waals surface area contributed by atoms with E-state index >= 15 is 0 Å². The molecule has 2 rings (SSSR count). The Balaban J connectivity index is 2.04. The highest BCUT2D eigenvalue weighted by atomic mass is 32.2. The standard InChI is InChI=1S/C15H17FN2O3S/c1-4-20-13(19)8-22-10(3)15-17-14(18-21-15)11-6-5-9(2)12(16)7-11/h5-7,10H,4,8H2,1-3H3. The third-order valence-corrected chi connectivity index (χ3v) is 4.08. The number of aromatic nitrogens is 2. The molecule has 1 unspecified atom stereocenters. The number of ether oxygens (including phenoxy) is 1. The highest BCUT2D eigenvalue weighted by Gasteiger charge is 2.17. The molecule has 0 aliphatic carbocycles. The van der Waals surface area contributed by atoms with Crippen molar-refractivity contribution in [3.63, 3.8) is 0 Å². The van der Waals surface area contributed by atoms with Crippen LogP contribution in [-0.2, 0) is 9.53 Å². The van der Waals surface area contributed by atoms with Crippen molar-refractivity contribution in [1.82, 2.24) is 10.1 Å². The van der Waals surface area contributed by atoms with Gasteiger partial charge in [0, 0.05) is 5.56 Å². The maximum Gasteiger partial charge on any atom is 0.315 e. The molecule has 0 spiro atoms. The second-order valence-corrected chi connectivity index (χ2v) is 6.01. The Morgan fingerprint density at radius 1 is 1.50 bits per heavy atom. The van der Waals surface area contributed by atoms with E-state index in [1.54, 1.807) is 26.0 Å². The monoisotopic (exact) mass is 324 g/mol. The van der Waals surface area contributed by atoms with Crippen LogP contribution in [0.2, 0.25) is 0 Å². The Hall–Kier alpha value is -1.89. The summed E-state index contributed by atoms with van der Waals surface area (Å²) >= 11 is 1.35. The normalized spacial score (nSPS) is 12.2. The zero-order valence-electron chi connectivity index (χ0n) is 12.6. The van der Waals surface area contributed by atoms with Crippen LogP contribution in [0.15, 0.2) is 22.7 Å². The molecule has 22 heavy (non-hydrogen) atoms. The van der Waals surface area contributed by atoms with Gasteiger partial charge in [0.2, 0.25) is 11.7 Å². The van der Waals surface area contributed by atoms with Gasteiger partial charge in [-0.3, -0.25) is 4.79 Å². The molecular formula is C15H17FN2O3S. The van der Waals surface area contributed by atoms with Crippen LogP contribution in [-0.4, -0.2) is 28.5 Å². The first-order valence-corrected chi connectivity index (χ1v) is 7.93. The lowest BCUT2D eigenvalue weighted by molar-refractivity contribution is -0.139. The number of aryl methyl sites for hydroxylation is 1. The van der Waals surface area contributed by atoms with Crippen molar-refractivity contribution in [2.24, 2.45) is 0 Å². The quantitative estimate of drug-likeness (QED) is 0.757. The molecule has 0 saturated carbocycles. The van der Waals surface area contributed by atoms with Crippen molar-refractivity contribution in [3.05, 3.63) is 35.5 Å². The smallest absolute Gasteiger partial charge is 0.315 e. The fraction of sp³-hybridized carbons (Fsp3) is 0.400. The minimum atomic E-state index is -0.311. The molecule has 0 aliphatic heterocycles. The molecule has 1 heterocycles. The van der Waals surface area contributed by atoms with Crippen molar-refractivity contribution >= 4 is 17.7 Å². The third-order valence-electron chi connectivity index (χ3n) is 2.98. The number of hydrogen-bond donors (Lipinski definition) is 0. The van der Waals surface area contributed by atoms with Gasteiger partial charge in [0.25, 0.3) is 0 Å². The van der Waals surface area contributed by atoms with E-state index in [2.05, 4.69) is 10.1 Å². The van der Waals surface area contributed by atoms with Crippen molar-refractivity contribution in [1.29, 1.82) is 0 Å². The van der Waals surface area contributed by atoms with Crippen molar-refractivity contribution in [2.45, 2.75) is 26.0 Å². The zero-order chi connectivity index (χ0) is 16.1. The molecule has 0 fully saturated rings. The molecule has 1 atom stereocenters. The number of nitrogens with zero attached hydrogens (tertiary/aromatic N) is 2. The van der Waals surface area contributed by atoms with Gasteiger partial charge in [0.05, 0.1) is 17.6 Å². The van der Waals surface area contributed by atoms with E-state index in [1.165, 1.54) is 17.8 Å². The Kier molecular flexibility index (Phi) is 5.54. The summed E-state index contributed by atoms with van der Waals surface area (Å²) < 4.78 is 23.6. The van der Waals surface area contributed by atoms with Gasteiger partial charge in [-0.2, -0.15) is 4.98 Å². The maximum absolute atomic E-state index is 13.6. The molecule has 0 radical (unpaired) electrons. The summed E-state index contributed by atoms with van der Waals surface area (Å²) in [7, 11) is 0. The molecule has 0 amide bonds. The highest BCUT2D eigenvalue weighted by Crippen LogP contribution is 2.28. The summed E-state index contributed by atoms with van der Waals surface area (Å²) in [5, 5.41) is 3.71. The first-order valence-electron chi connectivity index (χ1n) is 6.88. The lowest BCUT2D eigenvalue weighted by atomic mass is 10.1. The fourth-order valence-corrected chi connectivity index (χ4v) is 2.42. The molecule has 1 aromatic heterocycles. The van der Waals surface area contributed by atoms with Gasteiger partial charge in [-0.05, 0) is 32.4 Å². The summed E-state index contributed by atoms with van der Waals surface area (Å²) in [5.74, 6) is 0.349. The summed E-state index contributed by atoms with van der Waals surface area (Å²) in [6.45, 7) is 5.67. The van der Waals surface area contributed by atoms with Crippen LogP contribution in [0.25, 0.3) is 11.4 Å². The summed E-state index contributed by atoms with van der Waals surface area (Å²) in [4.78, 5) is 15.6. The lowest BCUT2D eigenvalue weighted by Crippen LogP contribution is -2.07. The molecule has 0 N–H and O–H groups in total. The number of carbonyl (C=O) groups excluding carboxylic acids is 1. The van der Waals surface area contributed by atoms with Crippen LogP contribution < -0.4 is 0 Å². The summed E-state index contributed by atoms with van der Waals surface area (Å²) in [6, 6.07) is 4.78. The van der Waals surface area contributed by atoms with Gasteiger partial charge < -0.3 is 9.26 Å². The van der Waals surface area contributed by atoms with Crippen LogP contribution in [0.3, 0.4) is 0 Å². The molecule has 0 bridgehead atoms. The number of halogens is 1. The predicted octanol–water partition coefficient (Wildman–Crippen LogP) is 3.54. The van der Waals surface area contributed by atoms with Crippen LogP contribution in [0.4, 0.5) is 4.39 Å². The van der Waals surface area contributed by atoms with Gasteiger partial charge in [-0.1, -0.05) is 17.3 Å². The minimum Gasteiger partial charge on any atom is -0.465 e. The Labute approximate surface area is 132 Å². The fourth-order valence-electron chi connectivity index (χ4n) is 1.72. The number of benzene rings is 1. The van der Waals surface area contributed by atoms with Crippen molar-refractivity contribution < 1.29 is 18.4 Å². The second-order valence-electron chi connectivity index (χ2n) is 4.68. The van der Waals surface area contributed by atoms with Gasteiger partial charge in [0.15, 0.2) is 0 Å². The first-order chi connectivity index (χ1) is 10.5. The number of esters is 1. The second kappa shape index (κ2) is 7.40. The van der Waals surface area contributed by atoms with Crippen LogP contribution in [0.1, 0.15) is 30.6 Å². The van der Waals surface area contributed by atoms with E-state index in [1.807, 2.05) is 6.92 Å². The van der Waals surface area contributed by atoms with E-state index in [0.29, 0.717) is 29.4 Å². The Morgan fingerprint density at radius 3 is 2.95 bits per heavy atom. The SMILES string of the molecule is CCOC(=O)CSC(C)c1nc(-c2ccc(C)c(F)c2)no1. The summed E-state index contributed by atoms with van der Waals surface area (Å²) in [6.07, 6.45) is 0. The molecule has 118 valence electrons. The maximum atomic E-state index is 13.6. The third kappa shape index (κ3) is 4.07. The van der Waals surface area contributed by atoms with Crippen molar-refractivity contribution in [2.75, 3.05) is 12.4 Å². The number of thioether (sulfide) groups is 1. The molecular weight excluding hydrogens is 307 g/mol. The summed E-state index contributed by atoms with van der Waals surface area (Å²) in [5.41, 5.74) is 1.12. The Morgan fingerprint density at radius 2 is 2.27 bits per heavy atom.